The first-order valence-corrected chi connectivity index (χ1v) is 10.6. The quantitative estimate of drug-likeness (QED) is 0.467. The second-order valence-electron chi connectivity index (χ2n) is 8.33. The number of benzene rings is 1. The Morgan fingerprint density at radius 2 is 1.93 bits per heavy atom. The Morgan fingerprint density at radius 3 is 2.60 bits per heavy atom. The van der Waals surface area contributed by atoms with Gasteiger partial charge in [-0.05, 0) is 39.7 Å². The highest BCUT2D eigenvalue weighted by Crippen LogP contribution is 2.12. The second kappa shape index (κ2) is 11.4. The third kappa shape index (κ3) is 8.71. The van der Waals surface area contributed by atoms with Crippen molar-refractivity contribution in [3.8, 4) is 0 Å². The summed E-state index contributed by atoms with van der Waals surface area (Å²) in [6.45, 7) is 10.7. The van der Waals surface area contributed by atoms with Crippen LogP contribution in [-0.4, -0.2) is 60.7 Å². The molecule has 1 fully saturated rings. The molecule has 1 aromatic rings. The van der Waals surface area contributed by atoms with Crippen LogP contribution in [0.5, 0.6) is 0 Å². The van der Waals surface area contributed by atoms with E-state index in [-0.39, 0.29) is 11.9 Å². The van der Waals surface area contributed by atoms with Crippen LogP contribution in [0.15, 0.2) is 35.3 Å². The Morgan fingerprint density at radius 1 is 1.20 bits per heavy atom. The van der Waals surface area contributed by atoms with Crippen molar-refractivity contribution in [2.75, 3.05) is 26.2 Å². The van der Waals surface area contributed by atoms with Crippen LogP contribution in [-0.2, 0) is 16.1 Å². The summed E-state index contributed by atoms with van der Waals surface area (Å²) in [6, 6.07) is 9.84. The summed E-state index contributed by atoms with van der Waals surface area (Å²) < 4.78 is 5.33. The fourth-order valence-electron chi connectivity index (χ4n) is 3.12. The molecule has 1 aromatic carbocycles. The van der Waals surface area contributed by atoms with Crippen molar-refractivity contribution < 1.29 is 14.3 Å². The van der Waals surface area contributed by atoms with E-state index in [1.54, 1.807) is 0 Å². The SMILES string of the molecule is CCNC(=NCCC(=O)NCc1ccccc1)N1CCC(NC(=O)OC(C)(C)C)C1. The molecule has 1 heterocycles. The molecule has 1 saturated heterocycles. The second-order valence-corrected chi connectivity index (χ2v) is 8.33. The summed E-state index contributed by atoms with van der Waals surface area (Å²) in [4.78, 5) is 30.8. The Labute approximate surface area is 179 Å². The average Bonchev–Trinajstić information content (AvgIpc) is 3.13. The van der Waals surface area contributed by atoms with Crippen molar-refractivity contribution >= 4 is 18.0 Å². The van der Waals surface area contributed by atoms with E-state index in [0.717, 1.165) is 31.0 Å². The topological polar surface area (TPSA) is 95.1 Å². The number of nitrogens with one attached hydrogen (secondary N) is 3. The average molecular weight is 418 g/mol. The van der Waals surface area contributed by atoms with Crippen LogP contribution in [0.3, 0.4) is 0 Å². The molecule has 0 aliphatic carbocycles. The molecule has 1 aliphatic heterocycles. The van der Waals surface area contributed by atoms with Crippen LogP contribution in [0.1, 0.15) is 46.1 Å². The molecule has 30 heavy (non-hydrogen) atoms. The minimum absolute atomic E-state index is 0.0119. The van der Waals surface area contributed by atoms with Crippen LogP contribution in [0.2, 0.25) is 0 Å². The largest absolute Gasteiger partial charge is 0.444 e. The number of ether oxygens (including phenoxy) is 1. The smallest absolute Gasteiger partial charge is 0.407 e. The summed E-state index contributed by atoms with van der Waals surface area (Å²) in [5.74, 6) is 0.742. The highest BCUT2D eigenvalue weighted by atomic mass is 16.6. The molecular weight excluding hydrogens is 382 g/mol. The van der Waals surface area contributed by atoms with Crippen molar-refractivity contribution in [3.05, 3.63) is 35.9 Å². The number of rotatable bonds is 7. The van der Waals surface area contributed by atoms with Crippen molar-refractivity contribution in [1.29, 1.82) is 0 Å². The first-order chi connectivity index (χ1) is 14.3. The van der Waals surface area contributed by atoms with Crippen molar-refractivity contribution in [3.63, 3.8) is 0 Å². The van der Waals surface area contributed by atoms with E-state index in [1.807, 2.05) is 58.0 Å². The lowest BCUT2D eigenvalue weighted by Crippen LogP contribution is -2.44. The summed E-state index contributed by atoms with van der Waals surface area (Å²) in [7, 11) is 0. The molecule has 166 valence electrons. The van der Waals surface area contributed by atoms with Gasteiger partial charge in [-0.2, -0.15) is 0 Å². The Kier molecular flexibility index (Phi) is 8.95. The molecular formula is C22H35N5O3. The van der Waals surface area contributed by atoms with E-state index in [4.69, 9.17) is 4.74 Å². The number of aliphatic imine (C=N–C) groups is 1. The summed E-state index contributed by atoms with van der Waals surface area (Å²) >= 11 is 0. The highest BCUT2D eigenvalue weighted by Gasteiger charge is 2.27. The third-order valence-electron chi connectivity index (χ3n) is 4.48. The maximum atomic E-state index is 12.1. The number of hydrogen-bond donors (Lipinski definition) is 3. The molecule has 1 unspecified atom stereocenters. The van der Waals surface area contributed by atoms with E-state index in [1.165, 1.54) is 0 Å². The molecule has 8 heteroatoms. The van der Waals surface area contributed by atoms with Gasteiger partial charge in [-0.25, -0.2) is 4.79 Å². The van der Waals surface area contributed by atoms with E-state index in [2.05, 4.69) is 25.8 Å². The maximum absolute atomic E-state index is 12.1. The molecule has 0 radical (unpaired) electrons. The van der Waals surface area contributed by atoms with E-state index >= 15 is 0 Å². The predicted molar refractivity (Wildman–Crippen MR) is 118 cm³/mol. The Bertz CT molecular complexity index is 715. The van der Waals surface area contributed by atoms with Gasteiger partial charge in [0.25, 0.3) is 0 Å². The molecule has 2 rings (SSSR count). The number of amides is 2. The fourth-order valence-corrected chi connectivity index (χ4v) is 3.12. The molecule has 1 atom stereocenters. The minimum atomic E-state index is -0.514. The molecule has 2 amide bonds. The number of carbonyl (C=O) groups is 2. The number of hydrogen-bond acceptors (Lipinski definition) is 4. The predicted octanol–water partition coefficient (Wildman–Crippen LogP) is 2.26. The van der Waals surface area contributed by atoms with Crippen LogP contribution < -0.4 is 16.0 Å². The van der Waals surface area contributed by atoms with Crippen LogP contribution in [0.25, 0.3) is 0 Å². The maximum Gasteiger partial charge on any atom is 0.407 e. The lowest BCUT2D eigenvalue weighted by Gasteiger charge is -2.23. The van der Waals surface area contributed by atoms with Crippen LogP contribution in [0.4, 0.5) is 4.79 Å². The normalized spacial score (nSPS) is 16.9. The van der Waals surface area contributed by atoms with Crippen molar-refractivity contribution in [2.24, 2.45) is 4.99 Å². The third-order valence-corrected chi connectivity index (χ3v) is 4.48. The van der Waals surface area contributed by atoms with Gasteiger partial charge in [-0.15, -0.1) is 0 Å². The van der Waals surface area contributed by atoms with Gasteiger partial charge in [0.15, 0.2) is 5.96 Å². The van der Waals surface area contributed by atoms with Gasteiger partial charge in [0.2, 0.25) is 5.91 Å². The van der Waals surface area contributed by atoms with Gasteiger partial charge >= 0.3 is 6.09 Å². The van der Waals surface area contributed by atoms with E-state index < -0.39 is 11.7 Å². The zero-order valence-corrected chi connectivity index (χ0v) is 18.5. The minimum Gasteiger partial charge on any atom is -0.444 e. The van der Waals surface area contributed by atoms with E-state index in [0.29, 0.717) is 26.1 Å². The van der Waals surface area contributed by atoms with Crippen molar-refractivity contribution in [1.82, 2.24) is 20.9 Å². The molecule has 0 saturated carbocycles. The number of carbonyl (C=O) groups excluding carboxylic acids is 2. The molecule has 0 bridgehead atoms. The number of nitrogens with zero attached hydrogens (tertiary/aromatic N) is 2. The Hall–Kier alpha value is -2.77. The number of guanidine groups is 1. The van der Waals surface area contributed by atoms with Gasteiger partial charge in [-0.3, -0.25) is 9.79 Å². The molecule has 8 nitrogen and oxygen atoms in total. The molecule has 0 aromatic heterocycles. The summed E-state index contributed by atoms with van der Waals surface area (Å²) in [5, 5.41) is 9.11. The Balaban J connectivity index is 1.78. The monoisotopic (exact) mass is 417 g/mol. The van der Waals surface area contributed by atoms with Crippen molar-refractivity contribution in [2.45, 2.75) is 58.7 Å². The van der Waals surface area contributed by atoms with Gasteiger partial charge in [0.1, 0.15) is 5.60 Å². The lowest BCUT2D eigenvalue weighted by atomic mass is 10.2. The standard InChI is InChI=1S/C22H35N5O3/c1-5-23-20(24-13-11-19(28)25-15-17-9-7-6-8-10-17)27-14-12-18(16-27)26-21(29)30-22(2,3)4/h6-10,18H,5,11-16H2,1-4H3,(H,23,24)(H,25,28)(H,26,29). The molecule has 0 spiro atoms. The fraction of sp³-hybridized carbons (Fsp3) is 0.591. The van der Waals surface area contributed by atoms with Gasteiger partial charge < -0.3 is 25.6 Å². The number of likely N-dealkylation sites (tertiary alicyclic amines) is 1. The van der Waals surface area contributed by atoms with Gasteiger partial charge in [0, 0.05) is 32.6 Å². The summed E-state index contributed by atoms with van der Waals surface area (Å²) in [6.07, 6.45) is 0.752. The zero-order chi connectivity index (χ0) is 22.0. The highest BCUT2D eigenvalue weighted by molar-refractivity contribution is 5.81. The number of alkyl carbamates (subject to hydrolysis) is 1. The zero-order valence-electron chi connectivity index (χ0n) is 18.5. The molecule has 1 aliphatic rings. The van der Waals surface area contributed by atoms with Gasteiger partial charge in [0.05, 0.1) is 12.6 Å². The van der Waals surface area contributed by atoms with E-state index in [9.17, 15) is 9.59 Å². The van der Waals surface area contributed by atoms with Crippen LogP contribution in [0, 0.1) is 0 Å². The first kappa shape index (κ1) is 23.5. The summed E-state index contributed by atoms with van der Waals surface area (Å²) in [5.41, 5.74) is 0.558. The molecule has 3 N–H and O–H groups in total. The lowest BCUT2D eigenvalue weighted by molar-refractivity contribution is -0.121. The van der Waals surface area contributed by atoms with Gasteiger partial charge in [-0.1, -0.05) is 30.3 Å². The van der Waals surface area contributed by atoms with Crippen LogP contribution >= 0.6 is 0 Å². The first-order valence-electron chi connectivity index (χ1n) is 10.6.